The predicted molar refractivity (Wildman–Crippen MR) is 70.7 cm³/mol. The fourth-order valence-corrected chi connectivity index (χ4v) is 2.56. The zero-order valence-electron chi connectivity index (χ0n) is 11.3. The second kappa shape index (κ2) is 6.50. The summed E-state index contributed by atoms with van der Waals surface area (Å²) in [7, 11) is 1.71. The fraction of sp³-hybridized carbons (Fsp3) is 0.923. The van der Waals surface area contributed by atoms with Crippen LogP contribution in [0.15, 0.2) is 0 Å². The maximum atomic E-state index is 10.9. The second-order valence-corrected chi connectivity index (χ2v) is 5.55. The Morgan fingerprint density at radius 3 is 2.39 bits per heavy atom. The number of carboxylic acid groups (broad SMARTS) is 1. The highest BCUT2D eigenvalue weighted by Gasteiger charge is 2.26. The van der Waals surface area contributed by atoms with Crippen molar-refractivity contribution in [1.29, 1.82) is 0 Å². The van der Waals surface area contributed by atoms with Gasteiger partial charge in [-0.1, -0.05) is 0 Å². The summed E-state index contributed by atoms with van der Waals surface area (Å²) in [4.78, 5) is 15.8. The van der Waals surface area contributed by atoms with E-state index in [-0.39, 0.29) is 0 Å². The molecule has 18 heavy (non-hydrogen) atoms. The van der Waals surface area contributed by atoms with Crippen LogP contribution in [0.25, 0.3) is 0 Å². The van der Waals surface area contributed by atoms with Gasteiger partial charge in [-0.25, -0.2) is 0 Å². The fourth-order valence-electron chi connectivity index (χ4n) is 2.56. The number of carbonyl (C=O) groups is 1. The first-order chi connectivity index (χ1) is 8.69. The van der Waals surface area contributed by atoms with Gasteiger partial charge in [-0.2, -0.15) is 0 Å². The van der Waals surface area contributed by atoms with E-state index in [9.17, 15) is 4.79 Å². The van der Waals surface area contributed by atoms with Gasteiger partial charge in [0, 0.05) is 39.3 Å². The highest BCUT2D eigenvalue weighted by molar-refractivity contribution is 5.73. The summed E-state index contributed by atoms with van der Waals surface area (Å²) >= 11 is 0. The van der Waals surface area contributed by atoms with Crippen LogP contribution in [-0.2, 0) is 4.79 Å². The largest absolute Gasteiger partial charge is 0.480 e. The molecule has 0 aromatic heterocycles. The minimum absolute atomic E-state index is 0.408. The van der Waals surface area contributed by atoms with E-state index in [1.807, 2.05) is 0 Å². The Morgan fingerprint density at radius 1 is 1.28 bits per heavy atom. The van der Waals surface area contributed by atoms with Gasteiger partial charge in [0.05, 0.1) is 0 Å². The summed E-state index contributed by atoms with van der Waals surface area (Å²) in [6, 6.07) is -0.408. The van der Waals surface area contributed by atoms with Crippen LogP contribution < -0.4 is 5.32 Å². The van der Waals surface area contributed by atoms with Crippen molar-refractivity contribution in [1.82, 2.24) is 15.1 Å². The van der Waals surface area contributed by atoms with Gasteiger partial charge in [0.25, 0.3) is 0 Å². The highest BCUT2D eigenvalue weighted by Crippen LogP contribution is 2.29. The molecular formula is C13H25N3O2. The number of nitrogens with one attached hydrogen (secondary N) is 1. The van der Waals surface area contributed by atoms with Gasteiger partial charge in [-0.15, -0.1) is 0 Å². The summed E-state index contributed by atoms with van der Waals surface area (Å²) in [5.41, 5.74) is 0. The molecule has 1 aliphatic carbocycles. The van der Waals surface area contributed by atoms with Crippen LogP contribution in [0.5, 0.6) is 0 Å². The molecule has 2 N–H and O–H groups in total. The molecular weight excluding hydrogens is 230 g/mol. The van der Waals surface area contributed by atoms with Crippen molar-refractivity contribution >= 4 is 5.97 Å². The van der Waals surface area contributed by atoms with E-state index in [1.54, 1.807) is 7.05 Å². The highest BCUT2D eigenvalue weighted by atomic mass is 16.4. The minimum Gasteiger partial charge on any atom is -0.480 e. The lowest BCUT2D eigenvalue weighted by Crippen LogP contribution is -2.48. The molecule has 0 spiro atoms. The summed E-state index contributed by atoms with van der Waals surface area (Å²) < 4.78 is 0. The van der Waals surface area contributed by atoms with Crippen molar-refractivity contribution in [3.63, 3.8) is 0 Å². The monoisotopic (exact) mass is 255 g/mol. The summed E-state index contributed by atoms with van der Waals surface area (Å²) in [6.07, 6.45) is 3.53. The van der Waals surface area contributed by atoms with Crippen molar-refractivity contribution < 1.29 is 9.90 Å². The standard InChI is InChI=1S/C13H25N3O2/c1-14-12(13(17)18)4-5-15-6-8-16(9-7-15)10-11-2-3-11/h11-12,14H,2-10H2,1H3,(H,17,18). The average molecular weight is 255 g/mol. The van der Waals surface area contributed by atoms with Crippen LogP contribution in [0.1, 0.15) is 19.3 Å². The molecule has 0 aromatic rings. The molecule has 1 heterocycles. The quantitative estimate of drug-likeness (QED) is 0.674. The van der Waals surface area contributed by atoms with Gasteiger partial charge in [0.15, 0.2) is 0 Å². The Balaban J connectivity index is 1.61. The van der Waals surface area contributed by atoms with E-state index in [0.717, 1.165) is 38.6 Å². The molecule has 0 radical (unpaired) electrons. The minimum atomic E-state index is -0.745. The topological polar surface area (TPSA) is 55.8 Å². The lowest BCUT2D eigenvalue weighted by atomic mass is 10.2. The van der Waals surface area contributed by atoms with Crippen molar-refractivity contribution in [2.45, 2.75) is 25.3 Å². The molecule has 2 aliphatic rings. The van der Waals surface area contributed by atoms with Crippen LogP contribution in [0.2, 0.25) is 0 Å². The predicted octanol–water partition coefficient (Wildman–Crippen LogP) is 0.0767. The van der Waals surface area contributed by atoms with Crippen LogP contribution in [-0.4, -0.2) is 73.2 Å². The zero-order valence-corrected chi connectivity index (χ0v) is 11.3. The number of hydrogen-bond acceptors (Lipinski definition) is 4. The van der Waals surface area contributed by atoms with E-state index >= 15 is 0 Å². The Bertz CT molecular complexity index is 273. The van der Waals surface area contributed by atoms with Gasteiger partial charge in [-0.3, -0.25) is 4.79 Å². The third kappa shape index (κ3) is 4.23. The molecule has 0 amide bonds. The number of rotatable bonds is 7. The number of likely N-dealkylation sites (N-methyl/N-ethyl adjacent to an activating group) is 1. The van der Waals surface area contributed by atoms with Gasteiger partial charge in [-0.05, 0) is 32.2 Å². The van der Waals surface area contributed by atoms with Crippen LogP contribution in [0.4, 0.5) is 0 Å². The lowest BCUT2D eigenvalue weighted by molar-refractivity contribution is -0.139. The van der Waals surface area contributed by atoms with Crippen LogP contribution >= 0.6 is 0 Å². The van der Waals surface area contributed by atoms with Crippen molar-refractivity contribution in [3.05, 3.63) is 0 Å². The molecule has 1 atom stereocenters. The van der Waals surface area contributed by atoms with E-state index < -0.39 is 12.0 Å². The summed E-state index contributed by atoms with van der Waals surface area (Å²) in [5, 5.41) is 11.8. The molecule has 0 aromatic carbocycles. The van der Waals surface area contributed by atoms with E-state index in [0.29, 0.717) is 6.42 Å². The molecule has 2 fully saturated rings. The van der Waals surface area contributed by atoms with E-state index in [4.69, 9.17) is 5.11 Å². The number of nitrogens with zero attached hydrogens (tertiary/aromatic N) is 2. The van der Waals surface area contributed by atoms with Crippen LogP contribution in [0.3, 0.4) is 0 Å². The molecule has 5 nitrogen and oxygen atoms in total. The van der Waals surface area contributed by atoms with Gasteiger partial charge in [0.1, 0.15) is 6.04 Å². The third-order valence-electron chi connectivity index (χ3n) is 4.06. The maximum Gasteiger partial charge on any atom is 0.320 e. The molecule has 1 aliphatic heterocycles. The van der Waals surface area contributed by atoms with Crippen molar-refractivity contribution in [3.8, 4) is 0 Å². The molecule has 0 bridgehead atoms. The SMILES string of the molecule is CNC(CCN1CCN(CC2CC2)CC1)C(=O)O. The Morgan fingerprint density at radius 2 is 1.89 bits per heavy atom. The molecule has 2 rings (SSSR count). The molecule has 5 heteroatoms. The van der Waals surface area contributed by atoms with Crippen LogP contribution in [0, 0.1) is 5.92 Å². The van der Waals surface area contributed by atoms with Crippen molar-refractivity contribution in [2.24, 2.45) is 5.92 Å². The normalized spacial score (nSPS) is 24.1. The first-order valence-corrected chi connectivity index (χ1v) is 7.04. The first-order valence-electron chi connectivity index (χ1n) is 7.04. The first kappa shape index (κ1) is 13.8. The smallest absolute Gasteiger partial charge is 0.320 e. The Hall–Kier alpha value is -0.650. The number of hydrogen-bond donors (Lipinski definition) is 2. The Labute approximate surface area is 109 Å². The average Bonchev–Trinajstić information content (AvgIpc) is 3.15. The van der Waals surface area contributed by atoms with Gasteiger partial charge in [0.2, 0.25) is 0 Å². The molecule has 1 saturated heterocycles. The third-order valence-corrected chi connectivity index (χ3v) is 4.06. The molecule has 1 unspecified atom stereocenters. The van der Waals surface area contributed by atoms with Gasteiger partial charge < -0.3 is 20.2 Å². The zero-order chi connectivity index (χ0) is 13.0. The van der Waals surface area contributed by atoms with Crippen molar-refractivity contribution in [2.75, 3.05) is 46.3 Å². The summed E-state index contributed by atoms with van der Waals surface area (Å²) in [6.45, 7) is 6.63. The molecule has 104 valence electrons. The molecule has 1 saturated carbocycles. The van der Waals surface area contributed by atoms with E-state index in [2.05, 4.69) is 15.1 Å². The Kier molecular flexibility index (Phi) is 4.97. The van der Waals surface area contributed by atoms with E-state index in [1.165, 1.54) is 19.4 Å². The summed E-state index contributed by atoms with van der Waals surface area (Å²) in [5.74, 6) is 0.224. The van der Waals surface area contributed by atoms with Gasteiger partial charge >= 0.3 is 5.97 Å². The lowest BCUT2D eigenvalue weighted by Gasteiger charge is -2.35. The maximum absolute atomic E-state index is 10.9. The number of carboxylic acids is 1. The number of piperazine rings is 1. The second-order valence-electron chi connectivity index (χ2n) is 5.55. The number of aliphatic carboxylic acids is 1.